The fraction of sp³-hybridized carbons (Fsp3) is 0.185. The summed E-state index contributed by atoms with van der Waals surface area (Å²) in [6, 6.07) is 20.6. The number of sulfonamides is 1. The van der Waals surface area contributed by atoms with Gasteiger partial charge in [0.25, 0.3) is 5.91 Å². The third kappa shape index (κ3) is 6.96. The zero-order chi connectivity index (χ0) is 27.1. The van der Waals surface area contributed by atoms with Gasteiger partial charge < -0.3 is 10.6 Å². The van der Waals surface area contributed by atoms with E-state index < -0.39 is 21.9 Å². The summed E-state index contributed by atoms with van der Waals surface area (Å²) in [7, 11) is -3.89. The number of nitrogens with one attached hydrogen (secondary N) is 3. The first-order chi connectivity index (χ1) is 18.2. The zero-order valence-electron chi connectivity index (χ0n) is 20.1. The molecule has 0 aliphatic carbocycles. The molecule has 4 aromatic rings. The van der Waals surface area contributed by atoms with Gasteiger partial charge >= 0.3 is 0 Å². The van der Waals surface area contributed by atoms with Crippen LogP contribution < -0.4 is 15.4 Å². The second-order valence-corrected chi connectivity index (χ2v) is 11.7. The maximum Gasteiger partial charge on any atom is 0.262 e. The molecule has 3 N–H and O–H groups in total. The normalized spacial score (nSPS) is 12.3. The van der Waals surface area contributed by atoms with E-state index in [1.54, 1.807) is 30.3 Å². The number of benzene rings is 3. The lowest BCUT2D eigenvalue weighted by Crippen LogP contribution is -2.40. The Balaban J connectivity index is 1.31. The number of carbonyl (C=O) groups is 2. The summed E-state index contributed by atoms with van der Waals surface area (Å²) >= 11 is 7.21. The average Bonchev–Trinajstić information content (AvgIpc) is 3.34. The molecule has 4 rings (SSSR count). The van der Waals surface area contributed by atoms with Crippen molar-refractivity contribution in [1.82, 2.24) is 15.4 Å². The Morgan fingerprint density at radius 2 is 1.63 bits per heavy atom. The second kappa shape index (κ2) is 12.5. The summed E-state index contributed by atoms with van der Waals surface area (Å²) in [5.74, 6) is -1.34. The Hall–Kier alpha value is -3.31. The van der Waals surface area contributed by atoms with Crippen LogP contribution in [0.5, 0.6) is 0 Å². The first-order valence-corrected chi connectivity index (χ1v) is 14.5. The van der Waals surface area contributed by atoms with E-state index >= 15 is 0 Å². The van der Waals surface area contributed by atoms with Gasteiger partial charge in [-0.05, 0) is 54.1 Å². The molecule has 0 aliphatic rings. The number of fused-ring (bicyclic) bond motifs is 1. The van der Waals surface area contributed by atoms with E-state index in [1.165, 1.54) is 11.3 Å². The van der Waals surface area contributed by atoms with Crippen LogP contribution in [0.25, 0.3) is 10.1 Å². The maximum absolute atomic E-state index is 13.2. The Kier molecular flexibility index (Phi) is 9.11. The highest BCUT2D eigenvalue weighted by Gasteiger charge is 2.24. The number of hydrogen-bond donors (Lipinski definition) is 3. The molecule has 2 amide bonds. The SMILES string of the molecule is O=C(N[C@H](C(=O)NCCCCNS(=O)(=O)c1ccc(F)cc1Cl)c1ccccc1)c1cc2ccccc2s1. The van der Waals surface area contributed by atoms with E-state index in [0.717, 1.165) is 28.3 Å². The topological polar surface area (TPSA) is 104 Å². The molecule has 1 heterocycles. The molecule has 1 aromatic heterocycles. The smallest absolute Gasteiger partial charge is 0.262 e. The molecule has 0 bridgehead atoms. The van der Waals surface area contributed by atoms with Crippen LogP contribution in [0.4, 0.5) is 4.39 Å². The van der Waals surface area contributed by atoms with Crippen molar-refractivity contribution < 1.29 is 22.4 Å². The van der Waals surface area contributed by atoms with Crippen LogP contribution in [0.3, 0.4) is 0 Å². The lowest BCUT2D eigenvalue weighted by molar-refractivity contribution is -0.123. The summed E-state index contributed by atoms with van der Waals surface area (Å²) in [5, 5.41) is 6.42. The molecule has 38 heavy (non-hydrogen) atoms. The molecule has 0 unspecified atom stereocenters. The van der Waals surface area contributed by atoms with Crippen molar-refractivity contribution in [3.05, 3.63) is 100 Å². The largest absolute Gasteiger partial charge is 0.354 e. The third-order valence-corrected chi connectivity index (χ3v) is 8.76. The van der Waals surface area contributed by atoms with E-state index in [2.05, 4.69) is 15.4 Å². The molecule has 0 saturated carbocycles. The van der Waals surface area contributed by atoms with Gasteiger partial charge in [-0.3, -0.25) is 9.59 Å². The first kappa shape index (κ1) is 27.7. The van der Waals surface area contributed by atoms with E-state index in [9.17, 15) is 22.4 Å². The van der Waals surface area contributed by atoms with Gasteiger partial charge in [0, 0.05) is 17.8 Å². The van der Waals surface area contributed by atoms with Gasteiger partial charge in [-0.2, -0.15) is 0 Å². The van der Waals surface area contributed by atoms with E-state index in [0.29, 0.717) is 23.3 Å². The number of halogens is 2. The Morgan fingerprint density at radius 3 is 2.37 bits per heavy atom. The molecular weight excluding hydrogens is 549 g/mol. The van der Waals surface area contributed by atoms with E-state index in [-0.39, 0.29) is 34.8 Å². The quantitative estimate of drug-likeness (QED) is 0.219. The van der Waals surface area contributed by atoms with Crippen LogP contribution in [-0.2, 0) is 14.8 Å². The van der Waals surface area contributed by atoms with Crippen molar-refractivity contribution in [3.8, 4) is 0 Å². The van der Waals surface area contributed by atoms with Crippen molar-refractivity contribution in [1.29, 1.82) is 0 Å². The number of unbranched alkanes of at least 4 members (excludes halogenated alkanes) is 1. The summed E-state index contributed by atoms with van der Waals surface area (Å²) in [6.07, 6.45) is 0.916. The zero-order valence-corrected chi connectivity index (χ0v) is 22.5. The Morgan fingerprint density at radius 1 is 0.921 bits per heavy atom. The third-order valence-electron chi connectivity index (χ3n) is 5.70. The Labute approximate surface area is 229 Å². The molecule has 0 radical (unpaired) electrons. The van der Waals surface area contributed by atoms with Crippen molar-refractivity contribution in [2.45, 2.75) is 23.8 Å². The van der Waals surface area contributed by atoms with E-state index in [1.807, 2.05) is 30.3 Å². The number of hydrogen-bond acceptors (Lipinski definition) is 5. The fourth-order valence-corrected chi connectivity index (χ4v) is 6.35. The predicted octanol–water partition coefficient (Wildman–Crippen LogP) is 5.04. The van der Waals surface area contributed by atoms with Gasteiger partial charge in [0.1, 0.15) is 16.8 Å². The second-order valence-electron chi connectivity index (χ2n) is 8.44. The van der Waals surface area contributed by atoms with Gasteiger partial charge in [-0.25, -0.2) is 17.5 Å². The molecular formula is C27H25ClFN3O4S2. The molecule has 198 valence electrons. The standard InChI is InChI=1S/C27H25ClFN3O4S2/c28-21-17-20(29)12-13-24(21)38(35,36)31-15-7-6-14-30-27(34)25(18-8-2-1-3-9-18)32-26(33)23-16-19-10-4-5-11-22(19)37-23/h1-5,8-13,16-17,25,31H,6-7,14-15H2,(H,30,34)(H,32,33)/t25-/m0/s1. The lowest BCUT2D eigenvalue weighted by Gasteiger charge is -2.18. The van der Waals surface area contributed by atoms with Gasteiger partial charge in [-0.15, -0.1) is 11.3 Å². The molecule has 3 aromatic carbocycles. The molecule has 11 heteroatoms. The van der Waals surface area contributed by atoms with E-state index in [4.69, 9.17) is 11.6 Å². The minimum absolute atomic E-state index is 0.108. The summed E-state index contributed by atoms with van der Waals surface area (Å²) in [5.41, 5.74) is 0.642. The van der Waals surface area contributed by atoms with Crippen molar-refractivity contribution in [3.63, 3.8) is 0 Å². The molecule has 0 aliphatic heterocycles. The first-order valence-electron chi connectivity index (χ1n) is 11.8. The lowest BCUT2D eigenvalue weighted by atomic mass is 10.1. The van der Waals surface area contributed by atoms with Crippen LogP contribution >= 0.6 is 22.9 Å². The van der Waals surface area contributed by atoms with Crippen LogP contribution in [0.2, 0.25) is 5.02 Å². The highest BCUT2D eigenvalue weighted by Crippen LogP contribution is 2.26. The van der Waals surface area contributed by atoms with Gasteiger partial charge in [0.15, 0.2) is 0 Å². The number of thiophene rings is 1. The van der Waals surface area contributed by atoms with Gasteiger partial charge in [-0.1, -0.05) is 60.1 Å². The summed E-state index contributed by atoms with van der Waals surface area (Å²) < 4.78 is 41.4. The number of rotatable bonds is 11. The maximum atomic E-state index is 13.2. The highest BCUT2D eigenvalue weighted by atomic mass is 35.5. The molecule has 1 atom stereocenters. The van der Waals surface area contributed by atoms with Crippen LogP contribution in [-0.4, -0.2) is 33.3 Å². The van der Waals surface area contributed by atoms with Crippen LogP contribution in [0.1, 0.15) is 34.1 Å². The van der Waals surface area contributed by atoms with Crippen LogP contribution in [0, 0.1) is 5.82 Å². The monoisotopic (exact) mass is 573 g/mol. The predicted molar refractivity (Wildman–Crippen MR) is 147 cm³/mol. The Bertz CT molecular complexity index is 1510. The number of carbonyl (C=O) groups excluding carboxylic acids is 2. The average molecular weight is 574 g/mol. The fourth-order valence-electron chi connectivity index (χ4n) is 3.78. The van der Waals surface area contributed by atoms with Gasteiger partial charge in [0.2, 0.25) is 15.9 Å². The van der Waals surface area contributed by atoms with Crippen molar-refractivity contribution in [2.24, 2.45) is 0 Å². The minimum Gasteiger partial charge on any atom is -0.354 e. The van der Waals surface area contributed by atoms with Gasteiger partial charge in [0.05, 0.1) is 9.90 Å². The van der Waals surface area contributed by atoms with Crippen molar-refractivity contribution >= 4 is 54.9 Å². The molecule has 7 nitrogen and oxygen atoms in total. The molecule has 0 spiro atoms. The number of amides is 2. The minimum atomic E-state index is -3.89. The summed E-state index contributed by atoms with van der Waals surface area (Å²) in [4.78, 5) is 26.3. The molecule has 0 saturated heterocycles. The molecule has 0 fully saturated rings. The van der Waals surface area contributed by atoms with Crippen molar-refractivity contribution in [2.75, 3.05) is 13.1 Å². The van der Waals surface area contributed by atoms with Crippen LogP contribution in [0.15, 0.2) is 83.8 Å². The summed E-state index contributed by atoms with van der Waals surface area (Å²) in [6.45, 7) is 0.386. The highest BCUT2D eigenvalue weighted by molar-refractivity contribution is 7.89.